The average Bonchev–Trinajstić information content (AvgIpc) is 2.82. The van der Waals surface area contributed by atoms with E-state index in [9.17, 15) is 0 Å². The third kappa shape index (κ3) is 4.10. The lowest BCUT2D eigenvalue weighted by Gasteiger charge is -2.78. The highest BCUT2D eigenvalue weighted by atomic mass is 14.8. The van der Waals surface area contributed by atoms with Gasteiger partial charge < -0.3 is 0 Å². The van der Waals surface area contributed by atoms with Crippen LogP contribution in [0.3, 0.4) is 0 Å². The fraction of sp³-hybridized carbons (Fsp3) is 1.00. The Labute approximate surface area is 225 Å². The molecule has 0 aromatic heterocycles. The van der Waals surface area contributed by atoms with Gasteiger partial charge in [-0.3, -0.25) is 0 Å². The van der Waals surface area contributed by atoms with Crippen molar-refractivity contribution in [1.29, 1.82) is 0 Å². The summed E-state index contributed by atoms with van der Waals surface area (Å²) >= 11 is 0. The molecule has 8 rings (SSSR count). The maximum atomic E-state index is 2.46. The smallest absolute Gasteiger partial charge is 0.0227 e. The first kappa shape index (κ1) is 26.2. The lowest BCUT2D eigenvalue weighted by molar-refractivity contribution is -0.278. The molecule has 0 spiro atoms. The van der Waals surface area contributed by atoms with E-state index in [0.29, 0.717) is 0 Å². The Morgan fingerprint density at radius 3 is 0.917 bits per heavy atom. The van der Waals surface area contributed by atoms with Crippen LogP contribution in [-0.2, 0) is 0 Å². The van der Waals surface area contributed by atoms with Crippen LogP contribution in [0, 0.1) is 44.3 Å². The van der Waals surface area contributed by atoms with Crippen LogP contribution in [0.2, 0.25) is 0 Å². The predicted molar refractivity (Wildman–Crippen MR) is 155 cm³/mol. The van der Waals surface area contributed by atoms with Crippen LogP contribution in [0.4, 0.5) is 0 Å². The second kappa shape index (κ2) is 9.29. The van der Waals surface area contributed by atoms with Crippen LogP contribution in [0.15, 0.2) is 0 Å². The Balaban J connectivity index is 1.41. The molecule has 8 bridgehead atoms. The quantitative estimate of drug-likeness (QED) is 0.239. The highest BCUT2D eigenvalue weighted by Crippen LogP contribution is 2.83. The molecule has 8 aliphatic rings. The molecular weight excluding hydrogens is 432 g/mol. The Kier molecular flexibility index (Phi) is 6.77. The summed E-state index contributed by atoms with van der Waals surface area (Å²) in [6, 6.07) is 0. The van der Waals surface area contributed by atoms with E-state index in [-0.39, 0.29) is 0 Å². The minimum absolute atomic E-state index is 0.725. The second-order valence-corrected chi connectivity index (χ2v) is 17.0. The second-order valence-electron chi connectivity index (χ2n) is 17.0. The summed E-state index contributed by atoms with van der Waals surface area (Å²) < 4.78 is 0. The van der Waals surface area contributed by atoms with E-state index >= 15 is 0 Å². The van der Waals surface area contributed by atoms with Crippen molar-refractivity contribution in [3.63, 3.8) is 0 Å². The minimum atomic E-state index is 0.725. The van der Waals surface area contributed by atoms with Gasteiger partial charge in [0.05, 0.1) is 0 Å². The Hall–Kier alpha value is 0. The van der Waals surface area contributed by atoms with Gasteiger partial charge in [0.25, 0.3) is 0 Å². The lowest BCUT2D eigenvalue weighted by atomic mass is 9.27. The normalized spacial score (nSPS) is 50.3. The lowest BCUT2D eigenvalue weighted by Crippen LogP contribution is -2.68. The van der Waals surface area contributed by atoms with E-state index in [1.165, 1.54) is 51.4 Å². The fourth-order valence-electron chi connectivity index (χ4n) is 14.2. The van der Waals surface area contributed by atoms with Gasteiger partial charge in [0.2, 0.25) is 0 Å². The molecule has 8 aliphatic carbocycles. The van der Waals surface area contributed by atoms with Crippen LogP contribution < -0.4 is 0 Å². The number of hydrogen-bond acceptors (Lipinski definition) is 0. The van der Waals surface area contributed by atoms with Crippen molar-refractivity contribution < 1.29 is 0 Å². The topological polar surface area (TPSA) is 0 Å². The Morgan fingerprint density at radius 2 is 0.667 bits per heavy atom. The largest absolute Gasteiger partial charge is 0.0654 e. The molecule has 0 aliphatic heterocycles. The maximum Gasteiger partial charge on any atom is -0.0227 e. The van der Waals surface area contributed by atoms with Crippen molar-refractivity contribution in [1.82, 2.24) is 0 Å². The molecule has 0 nitrogen and oxygen atoms in total. The summed E-state index contributed by atoms with van der Waals surface area (Å²) in [4.78, 5) is 0. The first-order chi connectivity index (χ1) is 17.3. The van der Waals surface area contributed by atoms with E-state index in [4.69, 9.17) is 0 Å². The van der Waals surface area contributed by atoms with Gasteiger partial charge in [-0.15, -0.1) is 0 Å². The van der Waals surface area contributed by atoms with Crippen LogP contribution >= 0.6 is 0 Å². The van der Waals surface area contributed by atoms with Crippen molar-refractivity contribution >= 4 is 0 Å². The molecule has 0 saturated heterocycles. The third-order valence-corrected chi connectivity index (χ3v) is 14.0. The molecule has 4 unspecified atom stereocenters. The Morgan fingerprint density at radius 1 is 0.389 bits per heavy atom. The zero-order chi connectivity index (χ0) is 25.1. The third-order valence-electron chi connectivity index (χ3n) is 14.0. The summed E-state index contributed by atoms with van der Waals surface area (Å²) in [6.07, 6.45) is 37.8. The molecule has 36 heavy (non-hydrogen) atoms. The summed E-state index contributed by atoms with van der Waals surface area (Å²) in [5.74, 6) is 2.17. The van der Waals surface area contributed by atoms with E-state index in [1.807, 2.05) is 0 Å². The van der Waals surface area contributed by atoms with Gasteiger partial charge in [0, 0.05) is 0 Å². The zero-order valence-electron chi connectivity index (χ0n) is 25.1. The van der Waals surface area contributed by atoms with Gasteiger partial charge in [0.1, 0.15) is 0 Å². The molecule has 8 fully saturated rings. The molecule has 0 aromatic rings. The van der Waals surface area contributed by atoms with Gasteiger partial charge in [-0.2, -0.15) is 0 Å². The standard InChI is InChI=1S/C36H62/c1-5-9-13-31-17-29-18-32(23-31,14-10-6-2)26-35(21-29,25-31)36-22-30-19-33(27-36,15-11-7-3)24-34(20-30,28-36)16-12-8-4/h29-30H,5-28H2,1-4H3. The van der Waals surface area contributed by atoms with Crippen molar-refractivity contribution in [3.05, 3.63) is 0 Å². The summed E-state index contributed by atoms with van der Waals surface area (Å²) in [5, 5.41) is 0. The molecule has 0 radical (unpaired) electrons. The molecule has 0 heterocycles. The van der Waals surface area contributed by atoms with Crippen molar-refractivity contribution in [3.8, 4) is 0 Å². The highest BCUT2D eigenvalue weighted by Gasteiger charge is 2.73. The Bertz CT molecular complexity index is 676. The highest BCUT2D eigenvalue weighted by molar-refractivity contribution is 5.23. The van der Waals surface area contributed by atoms with Gasteiger partial charge in [-0.05, 0) is 147 Å². The number of unbranched alkanes of at least 4 members (excludes halogenated alkanes) is 4. The molecule has 0 amide bonds. The van der Waals surface area contributed by atoms with Crippen LogP contribution in [0.1, 0.15) is 182 Å². The maximum absolute atomic E-state index is 2.46. The number of hydrogen-bond donors (Lipinski definition) is 0. The summed E-state index contributed by atoms with van der Waals surface area (Å²) in [5.41, 5.74) is 4.39. The van der Waals surface area contributed by atoms with Gasteiger partial charge in [-0.1, -0.05) is 79.1 Å². The SMILES string of the molecule is CCCCC12CC3CC(CCCC)(C1)CC(C14CC5CC(CCCC)(CC(CCCC)(C5)C1)C4)(C3)C2. The summed E-state index contributed by atoms with van der Waals surface area (Å²) in [7, 11) is 0. The monoisotopic (exact) mass is 494 g/mol. The van der Waals surface area contributed by atoms with E-state index in [1.54, 1.807) is 103 Å². The van der Waals surface area contributed by atoms with Crippen LogP contribution in [-0.4, -0.2) is 0 Å². The predicted octanol–water partition coefficient (Wildman–Crippen LogP) is 11.7. The first-order valence-electron chi connectivity index (χ1n) is 17.3. The van der Waals surface area contributed by atoms with Crippen molar-refractivity contribution in [2.24, 2.45) is 44.3 Å². The molecule has 0 aromatic carbocycles. The molecule has 8 saturated carbocycles. The molecule has 0 N–H and O–H groups in total. The number of rotatable bonds is 13. The molecule has 4 atom stereocenters. The summed E-state index contributed by atoms with van der Waals surface area (Å²) in [6.45, 7) is 9.82. The van der Waals surface area contributed by atoms with Crippen LogP contribution in [0.25, 0.3) is 0 Å². The van der Waals surface area contributed by atoms with E-state index in [2.05, 4.69) is 27.7 Å². The van der Waals surface area contributed by atoms with Gasteiger partial charge >= 0.3 is 0 Å². The van der Waals surface area contributed by atoms with Gasteiger partial charge in [0.15, 0.2) is 0 Å². The minimum Gasteiger partial charge on any atom is -0.0654 e. The van der Waals surface area contributed by atoms with Gasteiger partial charge in [-0.25, -0.2) is 0 Å². The van der Waals surface area contributed by atoms with E-state index < -0.39 is 0 Å². The van der Waals surface area contributed by atoms with Crippen molar-refractivity contribution in [2.45, 2.75) is 182 Å². The van der Waals surface area contributed by atoms with E-state index in [0.717, 1.165) is 44.3 Å². The molecule has 206 valence electrons. The average molecular weight is 495 g/mol. The molecule has 0 heteroatoms. The van der Waals surface area contributed by atoms with Crippen LogP contribution in [0.5, 0.6) is 0 Å². The first-order valence-corrected chi connectivity index (χ1v) is 17.3. The van der Waals surface area contributed by atoms with Crippen molar-refractivity contribution in [2.75, 3.05) is 0 Å². The fourth-order valence-corrected chi connectivity index (χ4v) is 14.2. The zero-order valence-corrected chi connectivity index (χ0v) is 25.1. The molecular formula is C36H62.